The van der Waals surface area contributed by atoms with Crippen LogP contribution in [-0.2, 0) is 9.31 Å². The van der Waals surface area contributed by atoms with Crippen LogP contribution in [0.4, 0.5) is 10.5 Å². The Morgan fingerprint density at radius 1 is 1.13 bits per heavy atom. The van der Waals surface area contributed by atoms with Gasteiger partial charge in [-0.25, -0.2) is 9.78 Å². The second kappa shape index (κ2) is 7.45. The third-order valence-corrected chi connectivity index (χ3v) is 5.82. The molecule has 0 saturated carbocycles. The number of fused-ring (bicyclic) bond motifs is 1. The smallest absolute Gasteiger partial charge is 0.399 e. The summed E-state index contributed by atoms with van der Waals surface area (Å²) < 4.78 is 14.3. The van der Waals surface area contributed by atoms with E-state index in [9.17, 15) is 4.79 Å². The first-order valence-electron chi connectivity index (χ1n) is 10.2. The Balaban J connectivity index is 1.62. The van der Waals surface area contributed by atoms with Gasteiger partial charge in [-0.3, -0.25) is 4.40 Å². The normalized spacial score (nSPS) is 17.3. The number of carbonyl (C=O) groups excluding carboxylic acids is 1. The third-order valence-electron chi connectivity index (χ3n) is 5.82. The summed E-state index contributed by atoms with van der Waals surface area (Å²) in [7, 11) is -0.426. The zero-order chi connectivity index (χ0) is 21.5. The van der Waals surface area contributed by atoms with E-state index in [1.807, 2.05) is 87.8 Å². The van der Waals surface area contributed by atoms with Gasteiger partial charge in [0, 0.05) is 24.0 Å². The highest BCUT2D eigenvalue weighted by molar-refractivity contribution is 6.62. The summed E-state index contributed by atoms with van der Waals surface area (Å²) >= 11 is 0. The SMILES string of the molecule is CCNC(=O)Nc1cccc(-c2cnc3cc(B4OC(C)(C)C(C)(C)O4)ccn23)c1. The van der Waals surface area contributed by atoms with Crippen molar-refractivity contribution in [1.29, 1.82) is 0 Å². The molecule has 1 saturated heterocycles. The fourth-order valence-corrected chi connectivity index (χ4v) is 3.43. The lowest BCUT2D eigenvalue weighted by atomic mass is 9.80. The Labute approximate surface area is 176 Å². The Morgan fingerprint density at radius 3 is 2.57 bits per heavy atom. The molecule has 2 N–H and O–H groups in total. The summed E-state index contributed by atoms with van der Waals surface area (Å²) in [5.41, 5.74) is 3.58. The number of rotatable bonds is 4. The molecule has 4 rings (SSSR count). The van der Waals surface area contributed by atoms with Crippen molar-refractivity contribution in [3.8, 4) is 11.3 Å². The fraction of sp³-hybridized carbons (Fsp3) is 0.364. The molecule has 1 aliphatic heterocycles. The standard InChI is InChI=1S/C22H27BN4O3/c1-6-24-20(28)26-17-9-7-8-15(12-17)18-14-25-19-13-16(10-11-27(18)19)23-29-21(2,3)22(4,5)30-23/h7-14H,6H2,1-5H3,(H2,24,26,28). The molecule has 2 aromatic heterocycles. The average molecular weight is 406 g/mol. The first-order valence-corrected chi connectivity index (χ1v) is 10.2. The molecule has 0 aliphatic carbocycles. The van der Waals surface area contributed by atoms with E-state index < -0.39 is 7.12 Å². The molecule has 3 heterocycles. The quantitative estimate of drug-likeness (QED) is 0.651. The lowest BCUT2D eigenvalue weighted by molar-refractivity contribution is 0.00578. The second-order valence-corrected chi connectivity index (χ2v) is 8.49. The first-order chi connectivity index (χ1) is 14.2. The van der Waals surface area contributed by atoms with Crippen LogP contribution < -0.4 is 16.1 Å². The fourth-order valence-electron chi connectivity index (χ4n) is 3.43. The van der Waals surface area contributed by atoms with Gasteiger partial charge in [0.25, 0.3) is 0 Å². The van der Waals surface area contributed by atoms with Crippen molar-refractivity contribution in [2.45, 2.75) is 45.8 Å². The summed E-state index contributed by atoms with van der Waals surface area (Å²) in [4.78, 5) is 16.4. The van der Waals surface area contributed by atoms with E-state index in [4.69, 9.17) is 9.31 Å². The van der Waals surface area contributed by atoms with Crippen LogP contribution in [0.15, 0.2) is 48.8 Å². The number of hydrogen-bond donors (Lipinski definition) is 2. The minimum atomic E-state index is -0.426. The van der Waals surface area contributed by atoms with Crippen molar-refractivity contribution in [1.82, 2.24) is 14.7 Å². The van der Waals surface area contributed by atoms with E-state index in [0.717, 1.165) is 28.1 Å². The molecule has 1 aromatic carbocycles. The number of carbonyl (C=O) groups is 1. The van der Waals surface area contributed by atoms with Crippen molar-refractivity contribution in [2.75, 3.05) is 11.9 Å². The highest BCUT2D eigenvalue weighted by Gasteiger charge is 2.51. The minimum absolute atomic E-state index is 0.222. The van der Waals surface area contributed by atoms with Crippen LogP contribution in [0.3, 0.4) is 0 Å². The molecular weight excluding hydrogens is 379 g/mol. The molecule has 0 radical (unpaired) electrons. The van der Waals surface area contributed by atoms with Crippen molar-refractivity contribution < 1.29 is 14.1 Å². The topological polar surface area (TPSA) is 76.9 Å². The number of pyridine rings is 1. The molecular formula is C22H27BN4O3. The van der Waals surface area contributed by atoms with Gasteiger partial charge in [-0.2, -0.15) is 0 Å². The predicted octanol–water partition coefficient (Wildman–Crippen LogP) is 3.44. The molecule has 8 heteroatoms. The number of anilines is 1. The number of amides is 2. The van der Waals surface area contributed by atoms with Gasteiger partial charge in [0.2, 0.25) is 0 Å². The Morgan fingerprint density at radius 2 is 1.87 bits per heavy atom. The summed E-state index contributed by atoms with van der Waals surface area (Å²) in [5, 5.41) is 5.57. The van der Waals surface area contributed by atoms with Crippen LogP contribution in [-0.4, -0.2) is 40.3 Å². The van der Waals surface area contributed by atoms with Crippen molar-refractivity contribution >= 4 is 29.9 Å². The van der Waals surface area contributed by atoms with Crippen LogP contribution in [0.5, 0.6) is 0 Å². The lowest BCUT2D eigenvalue weighted by Crippen LogP contribution is -2.41. The second-order valence-electron chi connectivity index (χ2n) is 8.49. The van der Waals surface area contributed by atoms with Crippen LogP contribution in [0.1, 0.15) is 34.6 Å². The Hall–Kier alpha value is -2.84. The summed E-state index contributed by atoms with van der Waals surface area (Å²) in [6.45, 7) is 10.6. The van der Waals surface area contributed by atoms with Gasteiger partial charge in [0.05, 0.1) is 23.1 Å². The van der Waals surface area contributed by atoms with E-state index in [1.165, 1.54) is 0 Å². The van der Waals surface area contributed by atoms with Gasteiger partial charge in [0.1, 0.15) is 5.65 Å². The maximum atomic E-state index is 11.8. The zero-order valence-corrected chi connectivity index (χ0v) is 18.0. The highest BCUT2D eigenvalue weighted by atomic mass is 16.7. The molecule has 0 spiro atoms. The van der Waals surface area contributed by atoms with Gasteiger partial charge in [-0.15, -0.1) is 0 Å². The molecule has 2 amide bonds. The zero-order valence-electron chi connectivity index (χ0n) is 18.0. The number of aromatic nitrogens is 2. The van der Waals surface area contributed by atoms with E-state index in [-0.39, 0.29) is 17.2 Å². The Kier molecular flexibility index (Phi) is 5.07. The Bertz CT molecular complexity index is 1080. The molecule has 30 heavy (non-hydrogen) atoms. The largest absolute Gasteiger partial charge is 0.495 e. The number of hydrogen-bond acceptors (Lipinski definition) is 4. The van der Waals surface area contributed by atoms with E-state index in [1.54, 1.807) is 0 Å². The maximum Gasteiger partial charge on any atom is 0.495 e. The molecule has 0 bridgehead atoms. The number of imidazole rings is 1. The highest BCUT2D eigenvalue weighted by Crippen LogP contribution is 2.36. The minimum Gasteiger partial charge on any atom is -0.399 e. The molecule has 0 unspecified atom stereocenters. The first kappa shape index (κ1) is 20.4. The van der Waals surface area contributed by atoms with Crippen LogP contribution in [0.25, 0.3) is 16.9 Å². The summed E-state index contributed by atoms with van der Waals surface area (Å²) in [6.07, 6.45) is 3.80. The molecule has 156 valence electrons. The van der Waals surface area contributed by atoms with Crippen molar-refractivity contribution in [2.24, 2.45) is 0 Å². The summed E-state index contributed by atoms with van der Waals surface area (Å²) in [5.74, 6) is 0. The van der Waals surface area contributed by atoms with Gasteiger partial charge >= 0.3 is 13.1 Å². The van der Waals surface area contributed by atoms with E-state index in [0.29, 0.717) is 6.54 Å². The maximum absolute atomic E-state index is 11.8. The summed E-state index contributed by atoms with van der Waals surface area (Å²) in [6, 6.07) is 11.5. The monoisotopic (exact) mass is 406 g/mol. The molecule has 1 aliphatic rings. The number of nitrogens with zero attached hydrogens (tertiary/aromatic N) is 2. The van der Waals surface area contributed by atoms with Gasteiger partial charge in [-0.1, -0.05) is 12.1 Å². The number of benzene rings is 1. The molecule has 0 atom stereocenters. The third kappa shape index (κ3) is 3.68. The van der Waals surface area contributed by atoms with Crippen LogP contribution in [0, 0.1) is 0 Å². The molecule has 7 nitrogen and oxygen atoms in total. The van der Waals surface area contributed by atoms with E-state index in [2.05, 4.69) is 15.6 Å². The van der Waals surface area contributed by atoms with Crippen LogP contribution in [0.2, 0.25) is 0 Å². The van der Waals surface area contributed by atoms with Crippen LogP contribution >= 0.6 is 0 Å². The van der Waals surface area contributed by atoms with Gasteiger partial charge in [-0.05, 0) is 64.3 Å². The lowest BCUT2D eigenvalue weighted by Gasteiger charge is -2.32. The number of nitrogens with one attached hydrogen (secondary N) is 2. The van der Waals surface area contributed by atoms with Crippen molar-refractivity contribution in [3.05, 3.63) is 48.8 Å². The van der Waals surface area contributed by atoms with Gasteiger partial charge in [0.15, 0.2) is 0 Å². The average Bonchev–Trinajstić information content (AvgIpc) is 3.19. The van der Waals surface area contributed by atoms with Gasteiger partial charge < -0.3 is 19.9 Å². The number of urea groups is 1. The van der Waals surface area contributed by atoms with E-state index >= 15 is 0 Å². The molecule has 3 aromatic rings. The van der Waals surface area contributed by atoms with Crippen molar-refractivity contribution in [3.63, 3.8) is 0 Å². The predicted molar refractivity (Wildman–Crippen MR) is 119 cm³/mol. The molecule has 1 fully saturated rings.